The summed E-state index contributed by atoms with van der Waals surface area (Å²) in [6.07, 6.45) is 5.41. The van der Waals surface area contributed by atoms with Gasteiger partial charge in [0.1, 0.15) is 5.69 Å². The molecule has 0 saturated heterocycles. The van der Waals surface area contributed by atoms with Gasteiger partial charge in [0.25, 0.3) is 5.56 Å². The molecule has 6 heteroatoms. The summed E-state index contributed by atoms with van der Waals surface area (Å²) >= 11 is 0. The molecule has 0 fully saturated rings. The Balaban J connectivity index is 1.71. The number of aryl methyl sites for hydroxylation is 1. The Bertz CT molecular complexity index is 912. The number of hydrogen-bond acceptors (Lipinski definition) is 3. The molecule has 1 amide bonds. The minimum Gasteiger partial charge on any atom is -0.321 e. The molecule has 128 valence electrons. The second-order valence-electron chi connectivity index (χ2n) is 5.77. The maximum atomic E-state index is 12.5. The Labute approximate surface area is 145 Å². The molecule has 2 aromatic heterocycles. The topological polar surface area (TPSA) is 68.9 Å². The molecule has 1 N–H and O–H groups in total. The first-order valence-corrected chi connectivity index (χ1v) is 8.20. The number of nitrogens with zero attached hydrogens (tertiary/aromatic N) is 3. The van der Waals surface area contributed by atoms with Crippen LogP contribution >= 0.6 is 0 Å². The van der Waals surface area contributed by atoms with Crippen LogP contribution in [0.5, 0.6) is 0 Å². The van der Waals surface area contributed by atoms with E-state index in [1.807, 2.05) is 43.5 Å². The first kappa shape index (κ1) is 16.7. The Kier molecular flexibility index (Phi) is 5.09. The summed E-state index contributed by atoms with van der Waals surface area (Å²) in [5.41, 5.74) is 1.91. The van der Waals surface area contributed by atoms with Crippen LogP contribution in [0.4, 0.5) is 5.69 Å². The largest absolute Gasteiger partial charge is 0.321 e. The maximum Gasteiger partial charge on any atom is 0.274 e. The Morgan fingerprint density at radius 1 is 1.12 bits per heavy atom. The van der Waals surface area contributed by atoms with Gasteiger partial charge in [-0.15, -0.1) is 0 Å². The van der Waals surface area contributed by atoms with Gasteiger partial charge >= 0.3 is 0 Å². The second-order valence-corrected chi connectivity index (χ2v) is 5.77. The molecule has 0 unspecified atom stereocenters. The van der Waals surface area contributed by atoms with E-state index in [9.17, 15) is 9.59 Å². The number of anilines is 1. The fourth-order valence-corrected chi connectivity index (χ4v) is 2.59. The highest BCUT2D eigenvalue weighted by atomic mass is 16.2. The monoisotopic (exact) mass is 336 g/mol. The van der Waals surface area contributed by atoms with Crippen molar-refractivity contribution in [3.8, 4) is 0 Å². The lowest BCUT2D eigenvalue weighted by molar-refractivity contribution is -0.115. The van der Waals surface area contributed by atoms with E-state index in [0.717, 1.165) is 17.7 Å². The number of hydrogen-bond donors (Lipinski definition) is 1. The van der Waals surface area contributed by atoms with Crippen LogP contribution in [-0.4, -0.2) is 20.3 Å². The number of benzene rings is 1. The SMILES string of the molecule is CCn1cc(CC(=O)Nc2cccn(Cc3ccccc3)c2=O)cn1. The molecule has 3 aromatic rings. The van der Waals surface area contributed by atoms with Crippen molar-refractivity contribution in [2.24, 2.45) is 0 Å². The summed E-state index contributed by atoms with van der Waals surface area (Å²) in [6.45, 7) is 3.20. The number of nitrogens with one attached hydrogen (secondary N) is 1. The molecule has 0 saturated carbocycles. The number of aromatic nitrogens is 3. The standard InChI is InChI=1S/C19H20N4O2/c1-2-23-14-16(12-20-23)11-18(24)21-17-9-6-10-22(19(17)25)13-15-7-4-3-5-8-15/h3-10,12,14H,2,11,13H2,1H3,(H,21,24). The normalized spacial score (nSPS) is 10.6. The molecule has 0 aliphatic carbocycles. The van der Waals surface area contributed by atoms with Crippen molar-refractivity contribution in [1.82, 2.24) is 14.3 Å². The van der Waals surface area contributed by atoms with Crippen molar-refractivity contribution in [3.63, 3.8) is 0 Å². The van der Waals surface area contributed by atoms with Crippen LogP contribution in [0.3, 0.4) is 0 Å². The second kappa shape index (κ2) is 7.61. The number of pyridine rings is 1. The zero-order valence-corrected chi connectivity index (χ0v) is 14.1. The highest BCUT2D eigenvalue weighted by Gasteiger charge is 2.10. The Morgan fingerprint density at radius 3 is 2.64 bits per heavy atom. The quantitative estimate of drug-likeness (QED) is 0.751. The van der Waals surface area contributed by atoms with Gasteiger partial charge in [0.05, 0.1) is 19.2 Å². The predicted octanol–water partition coefficient (Wildman–Crippen LogP) is 2.29. The van der Waals surface area contributed by atoms with E-state index in [4.69, 9.17) is 0 Å². The van der Waals surface area contributed by atoms with Crippen LogP contribution in [0.2, 0.25) is 0 Å². The van der Waals surface area contributed by atoms with E-state index in [1.54, 1.807) is 33.8 Å². The van der Waals surface area contributed by atoms with E-state index < -0.39 is 0 Å². The van der Waals surface area contributed by atoms with E-state index in [-0.39, 0.29) is 23.6 Å². The van der Waals surface area contributed by atoms with Crippen LogP contribution in [0.15, 0.2) is 65.8 Å². The fraction of sp³-hybridized carbons (Fsp3) is 0.211. The predicted molar refractivity (Wildman–Crippen MR) is 96.5 cm³/mol. The van der Waals surface area contributed by atoms with Gasteiger partial charge < -0.3 is 9.88 Å². The van der Waals surface area contributed by atoms with Crippen LogP contribution in [0.25, 0.3) is 0 Å². The summed E-state index contributed by atoms with van der Waals surface area (Å²) < 4.78 is 3.35. The lowest BCUT2D eigenvalue weighted by atomic mass is 10.2. The van der Waals surface area contributed by atoms with Crippen molar-refractivity contribution in [3.05, 3.63) is 82.5 Å². The van der Waals surface area contributed by atoms with Crippen molar-refractivity contribution in [2.45, 2.75) is 26.4 Å². The van der Waals surface area contributed by atoms with Crippen molar-refractivity contribution in [2.75, 3.05) is 5.32 Å². The molecule has 0 spiro atoms. The maximum absolute atomic E-state index is 12.5. The molecule has 2 heterocycles. The summed E-state index contributed by atoms with van der Waals surface area (Å²) in [6, 6.07) is 13.1. The van der Waals surface area contributed by atoms with Crippen molar-refractivity contribution < 1.29 is 4.79 Å². The summed E-state index contributed by atoms with van der Waals surface area (Å²) in [4.78, 5) is 24.7. The number of amides is 1. The third-order valence-corrected chi connectivity index (χ3v) is 3.87. The number of rotatable bonds is 6. The summed E-state index contributed by atoms with van der Waals surface area (Å²) in [5.74, 6) is -0.231. The Morgan fingerprint density at radius 2 is 1.92 bits per heavy atom. The first-order valence-electron chi connectivity index (χ1n) is 8.20. The van der Waals surface area contributed by atoms with Crippen molar-refractivity contribution >= 4 is 11.6 Å². The highest BCUT2D eigenvalue weighted by molar-refractivity contribution is 5.91. The van der Waals surface area contributed by atoms with Gasteiger partial charge in [-0.1, -0.05) is 30.3 Å². The molecule has 0 atom stereocenters. The highest BCUT2D eigenvalue weighted by Crippen LogP contribution is 2.05. The van der Waals surface area contributed by atoms with Crippen LogP contribution < -0.4 is 10.9 Å². The third-order valence-electron chi connectivity index (χ3n) is 3.87. The van der Waals surface area contributed by atoms with Gasteiger partial charge in [-0.05, 0) is 30.2 Å². The van der Waals surface area contributed by atoms with Gasteiger partial charge in [0.15, 0.2) is 0 Å². The van der Waals surface area contributed by atoms with E-state index >= 15 is 0 Å². The molecule has 0 aliphatic rings. The molecule has 25 heavy (non-hydrogen) atoms. The van der Waals surface area contributed by atoms with E-state index in [1.165, 1.54) is 0 Å². The lowest BCUT2D eigenvalue weighted by Crippen LogP contribution is -2.26. The zero-order valence-electron chi connectivity index (χ0n) is 14.1. The molecule has 1 aromatic carbocycles. The summed E-state index contributed by atoms with van der Waals surface area (Å²) in [7, 11) is 0. The van der Waals surface area contributed by atoms with Crippen LogP contribution in [0, 0.1) is 0 Å². The average Bonchev–Trinajstić information content (AvgIpc) is 3.07. The van der Waals surface area contributed by atoms with Crippen LogP contribution in [0.1, 0.15) is 18.1 Å². The Hall–Kier alpha value is -3.15. The molecular formula is C19H20N4O2. The molecule has 3 rings (SSSR count). The summed E-state index contributed by atoms with van der Waals surface area (Å²) in [5, 5.41) is 6.85. The number of carbonyl (C=O) groups excluding carboxylic acids is 1. The zero-order chi connectivity index (χ0) is 17.6. The van der Waals surface area contributed by atoms with Gasteiger partial charge in [0.2, 0.25) is 5.91 Å². The van der Waals surface area contributed by atoms with E-state index in [2.05, 4.69) is 10.4 Å². The first-order chi connectivity index (χ1) is 12.2. The van der Waals surface area contributed by atoms with Gasteiger partial charge in [-0.2, -0.15) is 5.10 Å². The molecule has 0 bridgehead atoms. The molecular weight excluding hydrogens is 316 g/mol. The number of carbonyl (C=O) groups is 1. The fourth-order valence-electron chi connectivity index (χ4n) is 2.59. The van der Waals surface area contributed by atoms with Crippen molar-refractivity contribution in [1.29, 1.82) is 0 Å². The lowest BCUT2D eigenvalue weighted by Gasteiger charge is -2.09. The van der Waals surface area contributed by atoms with Gasteiger partial charge in [0, 0.05) is 18.9 Å². The molecule has 0 aliphatic heterocycles. The van der Waals surface area contributed by atoms with Gasteiger partial charge in [-0.3, -0.25) is 14.3 Å². The molecule has 0 radical (unpaired) electrons. The van der Waals surface area contributed by atoms with Gasteiger partial charge in [-0.25, -0.2) is 0 Å². The third kappa shape index (κ3) is 4.23. The molecule has 6 nitrogen and oxygen atoms in total. The average molecular weight is 336 g/mol. The minimum atomic E-state index is -0.231. The van der Waals surface area contributed by atoms with E-state index in [0.29, 0.717) is 6.54 Å². The smallest absolute Gasteiger partial charge is 0.274 e. The minimum absolute atomic E-state index is 0.188. The van der Waals surface area contributed by atoms with Crippen LogP contribution in [-0.2, 0) is 24.3 Å².